The average molecular weight is 767 g/mol. The van der Waals surface area contributed by atoms with Crippen molar-refractivity contribution < 1.29 is 48.2 Å². The van der Waals surface area contributed by atoms with E-state index in [-0.39, 0.29) is 39.8 Å². The Morgan fingerprint density at radius 2 is 1.24 bits per heavy atom. The summed E-state index contributed by atoms with van der Waals surface area (Å²) in [5.41, 5.74) is 3.73. The maximum Gasteiger partial charge on any atom is 0.305 e. The van der Waals surface area contributed by atoms with E-state index in [0.717, 1.165) is 47.7 Å². The molecular formula is C45H66O10. The van der Waals surface area contributed by atoms with Crippen molar-refractivity contribution in [2.75, 3.05) is 53.4 Å². The highest BCUT2D eigenvalue weighted by Gasteiger charge is 2.44. The summed E-state index contributed by atoms with van der Waals surface area (Å²) in [5.74, 6) is 1.89. The number of esters is 1. The van der Waals surface area contributed by atoms with Crippen LogP contribution in [0.25, 0.3) is 11.5 Å². The Bertz CT molecular complexity index is 1630. The van der Waals surface area contributed by atoms with Gasteiger partial charge >= 0.3 is 11.9 Å². The lowest BCUT2D eigenvalue weighted by Crippen LogP contribution is -2.31. The molecule has 0 fully saturated rings. The highest BCUT2D eigenvalue weighted by molar-refractivity contribution is 5.70. The molecule has 0 unspecified atom stereocenters. The summed E-state index contributed by atoms with van der Waals surface area (Å²) in [4.78, 5) is 22.0. The van der Waals surface area contributed by atoms with E-state index in [2.05, 4.69) is 61.5 Å². The Labute approximate surface area is 329 Å². The average Bonchev–Trinajstić information content (AvgIpc) is 3.63. The van der Waals surface area contributed by atoms with Gasteiger partial charge in [-0.05, 0) is 68.0 Å². The van der Waals surface area contributed by atoms with Crippen LogP contribution in [0, 0.1) is 21.7 Å². The van der Waals surface area contributed by atoms with Gasteiger partial charge in [-0.2, -0.15) is 0 Å². The van der Waals surface area contributed by atoms with Crippen molar-refractivity contribution in [2.45, 2.75) is 101 Å². The Morgan fingerprint density at radius 3 is 1.71 bits per heavy atom. The molecule has 0 atom stereocenters. The summed E-state index contributed by atoms with van der Waals surface area (Å²) < 4.78 is 34.4. The molecule has 0 saturated heterocycles. The van der Waals surface area contributed by atoms with E-state index in [9.17, 15) is 14.7 Å². The predicted octanol–water partition coefficient (Wildman–Crippen LogP) is 9.70. The first-order valence-corrected chi connectivity index (χ1v) is 19.6. The number of benzene rings is 2. The summed E-state index contributed by atoms with van der Waals surface area (Å²) in [6.45, 7) is 23.3. The molecule has 2 aliphatic heterocycles. The van der Waals surface area contributed by atoms with Gasteiger partial charge in [0.2, 0.25) is 0 Å². The Balaban J connectivity index is 0.000000297. The largest absolute Gasteiger partial charge is 0.508 e. The van der Waals surface area contributed by atoms with Gasteiger partial charge in [-0.15, -0.1) is 0 Å². The third kappa shape index (κ3) is 13.3. The highest BCUT2D eigenvalue weighted by atomic mass is 16.5. The Morgan fingerprint density at radius 1 is 0.745 bits per heavy atom. The van der Waals surface area contributed by atoms with Crippen molar-refractivity contribution in [2.24, 2.45) is 21.7 Å². The number of hydrogen-bond donors (Lipinski definition) is 2. The van der Waals surface area contributed by atoms with Crippen molar-refractivity contribution in [1.82, 2.24) is 0 Å². The number of aromatic hydroxyl groups is 1. The first kappa shape index (κ1) is 45.4. The fourth-order valence-electron chi connectivity index (χ4n) is 7.71. The van der Waals surface area contributed by atoms with Crippen LogP contribution in [0.15, 0.2) is 59.7 Å². The van der Waals surface area contributed by atoms with Crippen LogP contribution in [-0.4, -0.2) is 75.5 Å². The molecule has 4 rings (SSSR count). The molecule has 2 N–H and O–H groups in total. The molecule has 0 saturated carbocycles. The lowest BCUT2D eigenvalue weighted by atomic mass is 9.70. The number of ether oxygens (including phenoxy) is 6. The van der Waals surface area contributed by atoms with Gasteiger partial charge in [0.15, 0.2) is 0 Å². The fourth-order valence-corrected chi connectivity index (χ4v) is 7.71. The van der Waals surface area contributed by atoms with E-state index >= 15 is 0 Å². The molecule has 2 aliphatic rings. The number of carbonyl (C=O) groups excluding carboxylic acids is 1. The second-order valence-electron chi connectivity index (χ2n) is 17.0. The zero-order chi connectivity index (χ0) is 40.9. The van der Waals surface area contributed by atoms with Crippen molar-refractivity contribution in [3.63, 3.8) is 0 Å². The van der Waals surface area contributed by atoms with Crippen molar-refractivity contribution in [3.05, 3.63) is 70.8 Å². The second kappa shape index (κ2) is 20.2. The van der Waals surface area contributed by atoms with Crippen LogP contribution in [0.3, 0.4) is 0 Å². The molecule has 0 aliphatic carbocycles. The molecule has 2 aromatic rings. The van der Waals surface area contributed by atoms with E-state index in [1.807, 2.05) is 37.3 Å². The third-order valence-corrected chi connectivity index (χ3v) is 9.84. The third-order valence-electron chi connectivity index (χ3n) is 9.84. The quantitative estimate of drug-likeness (QED) is 0.0993. The molecule has 0 aromatic heterocycles. The van der Waals surface area contributed by atoms with E-state index < -0.39 is 5.97 Å². The van der Waals surface area contributed by atoms with Gasteiger partial charge in [0.25, 0.3) is 0 Å². The highest BCUT2D eigenvalue weighted by Crippen LogP contribution is 2.51. The van der Waals surface area contributed by atoms with Crippen LogP contribution in [0.1, 0.15) is 112 Å². The van der Waals surface area contributed by atoms with Crippen LogP contribution in [-0.2, 0) is 33.3 Å². The number of carboxylic acid groups (broad SMARTS) is 1. The number of carboxylic acids is 1. The zero-order valence-corrected chi connectivity index (χ0v) is 35.0. The minimum Gasteiger partial charge on any atom is -0.508 e. The van der Waals surface area contributed by atoms with Gasteiger partial charge in [-0.1, -0.05) is 79.7 Å². The number of phenolic OH excluding ortho intramolecular Hbond substituents is 1. The summed E-state index contributed by atoms with van der Waals surface area (Å²) in [6.07, 6.45) is 3.62. The summed E-state index contributed by atoms with van der Waals surface area (Å²) in [7, 11) is 1.67. The number of methoxy groups -OCH3 is 1. The van der Waals surface area contributed by atoms with Gasteiger partial charge in [-0.3, -0.25) is 9.59 Å². The van der Waals surface area contributed by atoms with Crippen LogP contribution >= 0.6 is 0 Å². The van der Waals surface area contributed by atoms with Gasteiger partial charge in [0.05, 0.1) is 40.1 Å². The molecule has 2 heterocycles. The van der Waals surface area contributed by atoms with Crippen LogP contribution in [0.5, 0.6) is 11.5 Å². The molecule has 10 nitrogen and oxygen atoms in total. The van der Waals surface area contributed by atoms with Crippen LogP contribution in [0.4, 0.5) is 0 Å². The van der Waals surface area contributed by atoms with Gasteiger partial charge in [-0.25, -0.2) is 0 Å². The van der Waals surface area contributed by atoms with Crippen molar-refractivity contribution in [1.29, 1.82) is 0 Å². The van der Waals surface area contributed by atoms with Crippen molar-refractivity contribution >= 4 is 23.5 Å². The molecule has 0 bridgehead atoms. The Hall–Kier alpha value is -4.02. The molecule has 2 aromatic carbocycles. The smallest absolute Gasteiger partial charge is 0.305 e. The lowest BCUT2D eigenvalue weighted by molar-refractivity contribution is -0.143. The molecular weight excluding hydrogens is 700 g/mol. The lowest BCUT2D eigenvalue weighted by Gasteiger charge is -2.34. The standard InChI is InChI=1S/C24H36O5.C21H30O5/c1-7-28-20(25)13-8-9-14-27-16-23(2,3)22-21(29-17-24(22,4)5)18-11-10-12-19(15-18)26-6;1-20(2,13-25-11-6-5-10-17(23)24)19-18(26-14-21(19,3)4)15-8-7-9-16(22)12-15/h10-12,15H,7-9,13-14,16-17H2,1-6H3;7-9,12,22H,5-6,10-11,13-14H2,1-4H3,(H,23,24). The molecule has 10 heteroatoms. The molecule has 55 heavy (non-hydrogen) atoms. The molecule has 0 amide bonds. The SMILES string of the molecule is CC(C)(COCCCCC(=O)O)C1=C(c2cccc(O)c2)OCC1(C)C.CCOC(=O)CCCCOCC(C)(C)C1=C(c2cccc(OC)c2)OCC1(C)C. The summed E-state index contributed by atoms with van der Waals surface area (Å²) in [6, 6.07) is 15.1. The van der Waals surface area contributed by atoms with E-state index in [1.165, 1.54) is 11.1 Å². The zero-order valence-electron chi connectivity index (χ0n) is 35.0. The minimum absolute atomic E-state index is 0.0742. The summed E-state index contributed by atoms with van der Waals surface area (Å²) >= 11 is 0. The topological polar surface area (TPSA) is 130 Å². The maximum atomic E-state index is 11.4. The van der Waals surface area contributed by atoms with E-state index in [1.54, 1.807) is 19.2 Å². The van der Waals surface area contributed by atoms with E-state index in [4.69, 9.17) is 33.5 Å². The number of phenols is 1. The Kier molecular flexibility index (Phi) is 16.7. The number of aliphatic carboxylic acids is 1. The molecule has 0 radical (unpaired) electrons. The van der Waals surface area contributed by atoms with Gasteiger partial charge in [0.1, 0.15) is 23.0 Å². The predicted molar refractivity (Wildman–Crippen MR) is 216 cm³/mol. The van der Waals surface area contributed by atoms with Gasteiger partial charge < -0.3 is 38.6 Å². The maximum absolute atomic E-state index is 11.4. The minimum atomic E-state index is -0.768. The van der Waals surface area contributed by atoms with Gasteiger partial charge in [0, 0.05) is 58.8 Å². The van der Waals surface area contributed by atoms with E-state index in [0.29, 0.717) is 59.1 Å². The van der Waals surface area contributed by atoms with Crippen molar-refractivity contribution in [3.8, 4) is 11.5 Å². The number of hydrogen-bond acceptors (Lipinski definition) is 9. The number of carbonyl (C=O) groups is 2. The fraction of sp³-hybridized carbons (Fsp3) is 0.600. The summed E-state index contributed by atoms with van der Waals surface area (Å²) in [5, 5.41) is 18.5. The second-order valence-corrected chi connectivity index (χ2v) is 17.0. The first-order chi connectivity index (χ1) is 25.8. The van der Waals surface area contributed by atoms with Crippen LogP contribution < -0.4 is 4.74 Å². The van der Waals surface area contributed by atoms with Crippen LogP contribution in [0.2, 0.25) is 0 Å². The number of unbranched alkanes of at least 4 members (excludes halogenated alkanes) is 2. The first-order valence-electron chi connectivity index (χ1n) is 19.6. The number of rotatable bonds is 20. The molecule has 306 valence electrons. The monoisotopic (exact) mass is 766 g/mol. The molecule has 0 spiro atoms. The normalized spacial score (nSPS) is 16.3.